The standard InChI is InChI=1S/C23H25ClN4OS/c1-16-4-7-19(15-20(16)24)27-10-12-28(13-11-27)23-25-22(29)21(30-23)14-17-5-8-18(9-6-17)26(2)3/h4-9,14-15H,10-13H2,1-3H3/b21-14-. The van der Waals surface area contributed by atoms with E-state index in [0.717, 1.165) is 58.9 Å². The molecule has 2 aromatic carbocycles. The minimum atomic E-state index is -0.153. The molecule has 1 saturated heterocycles. The van der Waals surface area contributed by atoms with Crippen molar-refractivity contribution in [2.75, 3.05) is 50.1 Å². The Morgan fingerprint density at radius 2 is 1.70 bits per heavy atom. The summed E-state index contributed by atoms with van der Waals surface area (Å²) in [4.78, 5) is 24.0. The van der Waals surface area contributed by atoms with Crippen molar-refractivity contribution >= 4 is 51.9 Å². The highest BCUT2D eigenvalue weighted by atomic mass is 35.5. The van der Waals surface area contributed by atoms with Gasteiger partial charge in [0.05, 0.1) is 4.91 Å². The van der Waals surface area contributed by atoms with E-state index in [2.05, 4.69) is 44.0 Å². The molecule has 2 aliphatic heterocycles. The van der Waals surface area contributed by atoms with Gasteiger partial charge in [0.25, 0.3) is 5.91 Å². The van der Waals surface area contributed by atoms with E-state index < -0.39 is 0 Å². The van der Waals surface area contributed by atoms with Gasteiger partial charge in [0.1, 0.15) is 0 Å². The van der Waals surface area contributed by atoms with Crippen LogP contribution in [0.1, 0.15) is 11.1 Å². The first-order valence-electron chi connectivity index (χ1n) is 9.97. The number of hydrogen-bond donors (Lipinski definition) is 0. The number of piperazine rings is 1. The van der Waals surface area contributed by atoms with Crippen molar-refractivity contribution in [3.63, 3.8) is 0 Å². The smallest absolute Gasteiger partial charge is 0.286 e. The number of aryl methyl sites for hydroxylation is 1. The fraction of sp³-hybridized carbons (Fsp3) is 0.304. The van der Waals surface area contributed by atoms with Crippen LogP contribution in [0.25, 0.3) is 6.08 Å². The highest BCUT2D eigenvalue weighted by Crippen LogP contribution is 2.32. The van der Waals surface area contributed by atoms with Gasteiger partial charge in [-0.05, 0) is 60.2 Å². The average molecular weight is 441 g/mol. The molecule has 4 rings (SSSR count). The molecule has 0 unspecified atom stereocenters. The van der Waals surface area contributed by atoms with Crippen LogP contribution in [-0.2, 0) is 4.79 Å². The van der Waals surface area contributed by atoms with Gasteiger partial charge in [-0.25, -0.2) is 0 Å². The number of amides is 1. The van der Waals surface area contributed by atoms with Crippen molar-refractivity contribution in [2.24, 2.45) is 4.99 Å². The molecule has 2 aliphatic rings. The Bertz CT molecular complexity index is 1010. The molecule has 0 bridgehead atoms. The van der Waals surface area contributed by atoms with E-state index in [1.807, 2.05) is 45.3 Å². The van der Waals surface area contributed by atoms with Crippen LogP contribution in [0.5, 0.6) is 0 Å². The largest absolute Gasteiger partial charge is 0.378 e. The summed E-state index contributed by atoms with van der Waals surface area (Å²) in [6.45, 7) is 5.42. The second-order valence-electron chi connectivity index (χ2n) is 7.70. The van der Waals surface area contributed by atoms with Crippen molar-refractivity contribution < 1.29 is 4.79 Å². The van der Waals surface area contributed by atoms with Crippen LogP contribution in [0.15, 0.2) is 52.4 Å². The normalized spacial score (nSPS) is 18.2. The first kappa shape index (κ1) is 20.8. The number of nitrogens with zero attached hydrogens (tertiary/aromatic N) is 4. The fourth-order valence-corrected chi connectivity index (χ4v) is 4.63. The number of hydrogen-bond acceptors (Lipinski definition) is 5. The Kier molecular flexibility index (Phi) is 6.06. The molecule has 1 fully saturated rings. The predicted octanol–water partition coefficient (Wildman–Crippen LogP) is 4.51. The number of benzene rings is 2. The lowest BCUT2D eigenvalue weighted by Crippen LogP contribution is -2.47. The molecular weight excluding hydrogens is 416 g/mol. The van der Waals surface area contributed by atoms with Gasteiger partial charge < -0.3 is 14.7 Å². The van der Waals surface area contributed by atoms with E-state index in [4.69, 9.17) is 11.6 Å². The second-order valence-corrected chi connectivity index (χ2v) is 9.12. The van der Waals surface area contributed by atoms with Crippen LogP contribution in [-0.4, -0.2) is 56.2 Å². The van der Waals surface area contributed by atoms with Gasteiger partial charge >= 0.3 is 0 Å². The maximum Gasteiger partial charge on any atom is 0.286 e. The zero-order valence-electron chi connectivity index (χ0n) is 17.4. The molecule has 1 amide bonds. The van der Waals surface area contributed by atoms with E-state index in [1.54, 1.807) is 0 Å². The molecule has 0 radical (unpaired) electrons. The van der Waals surface area contributed by atoms with Crippen molar-refractivity contribution in [3.05, 3.63) is 63.5 Å². The molecular formula is C23H25ClN4OS. The Hall–Kier alpha value is -2.44. The van der Waals surface area contributed by atoms with Crippen LogP contribution < -0.4 is 9.80 Å². The molecule has 0 saturated carbocycles. The Morgan fingerprint density at radius 1 is 1.03 bits per heavy atom. The summed E-state index contributed by atoms with van der Waals surface area (Å²) in [6.07, 6.45) is 1.92. The number of carbonyl (C=O) groups excluding carboxylic acids is 1. The summed E-state index contributed by atoms with van der Waals surface area (Å²) in [6, 6.07) is 14.4. The van der Waals surface area contributed by atoms with E-state index in [-0.39, 0.29) is 5.91 Å². The van der Waals surface area contributed by atoms with E-state index >= 15 is 0 Å². The first-order chi connectivity index (χ1) is 14.4. The Morgan fingerprint density at radius 3 is 2.33 bits per heavy atom. The van der Waals surface area contributed by atoms with Gasteiger partial charge in [0, 0.05) is 56.7 Å². The third-order valence-electron chi connectivity index (χ3n) is 5.39. The van der Waals surface area contributed by atoms with Crippen LogP contribution in [0.3, 0.4) is 0 Å². The molecule has 0 aliphatic carbocycles. The van der Waals surface area contributed by atoms with Gasteiger partial charge in [0.15, 0.2) is 5.17 Å². The van der Waals surface area contributed by atoms with Gasteiger partial charge in [0.2, 0.25) is 0 Å². The van der Waals surface area contributed by atoms with E-state index in [0.29, 0.717) is 4.91 Å². The molecule has 7 heteroatoms. The lowest BCUT2D eigenvalue weighted by molar-refractivity contribution is -0.113. The van der Waals surface area contributed by atoms with Crippen LogP contribution in [0.4, 0.5) is 11.4 Å². The highest BCUT2D eigenvalue weighted by Gasteiger charge is 2.28. The molecule has 0 aromatic heterocycles. The molecule has 156 valence electrons. The predicted molar refractivity (Wildman–Crippen MR) is 129 cm³/mol. The number of halogens is 1. The first-order valence-corrected chi connectivity index (χ1v) is 11.2. The van der Waals surface area contributed by atoms with Crippen molar-refractivity contribution in [1.29, 1.82) is 0 Å². The van der Waals surface area contributed by atoms with Crippen LogP contribution >= 0.6 is 23.4 Å². The Balaban J connectivity index is 1.38. The molecule has 0 spiro atoms. The van der Waals surface area contributed by atoms with Gasteiger partial charge in [-0.1, -0.05) is 29.8 Å². The number of rotatable bonds is 3. The quantitative estimate of drug-likeness (QED) is 0.657. The van der Waals surface area contributed by atoms with Gasteiger partial charge in [-0.2, -0.15) is 4.99 Å². The van der Waals surface area contributed by atoms with Crippen LogP contribution in [0, 0.1) is 6.92 Å². The summed E-state index contributed by atoms with van der Waals surface area (Å²) < 4.78 is 0. The van der Waals surface area contributed by atoms with Crippen molar-refractivity contribution in [1.82, 2.24) is 4.90 Å². The van der Waals surface area contributed by atoms with Gasteiger partial charge in [-0.3, -0.25) is 4.79 Å². The Labute approximate surface area is 187 Å². The SMILES string of the molecule is Cc1ccc(N2CCN(C3=NC(=O)/C(=C/c4ccc(N(C)C)cc4)S3)CC2)cc1Cl. The lowest BCUT2D eigenvalue weighted by atomic mass is 10.2. The maximum atomic E-state index is 12.4. The molecule has 2 aromatic rings. The maximum absolute atomic E-state index is 12.4. The summed E-state index contributed by atoms with van der Waals surface area (Å²) >= 11 is 7.75. The zero-order chi connectivity index (χ0) is 21.3. The zero-order valence-corrected chi connectivity index (χ0v) is 19.0. The van der Waals surface area contributed by atoms with E-state index in [9.17, 15) is 4.79 Å². The molecule has 5 nitrogen and oxygen atoms in total. The molecule has 30 heavy (non-hydrogen) atoms. The summed E-state index contributed by atoms with van der Waals surface area (Å²) in [7, 11) is 4.02. The summed E-state index contributed by atoms with van der Waals surface area (Å²) in [5.74, 6) is -0.153. The minimum absolute atomic E-state index is 0.153. The average Bonchev–Trinajstić information content (AvgIpc) is 3.11. The second kappa shape index (κ2) is 8.74. The fourth-order valence-electron chi connectivity index (χ4n) is 3.49. The molecule has 0 N–H and O–H groups in total. The third kappa shape index (κ3) is 4.50. The van der Waals surface area contributed by atoms with Crippen molar-refractivity contribution in [2.45, 2.75) is 6.92 Å². The number of amidine groups is 1. The number of aliphatic imine (C=N–C) groups is 1. The number of carbonyl (C=O) groups is 1. The summed E-state index contributed by atoms with van der Waals surface area (Å²) in [5, 5.41) is 1.60. The summed E-state index contributed by atoms with van der Waals surface area (Å²) in [5.41, 5.74) is 4.37. The molecule has 0 atom stereocenters. The highest BCUT2D eigenvalue weighted by molar-refractivity contribution is 8.18. The number of anilines is 2. The minimum Gasteiger partial charge on any atom is -0.378 e. The monoisotopic (exact) mass is 440 g/mol. The number of thioether (sulfide) groups is 1. The van der Waals surface area contributed by atoms with E-state index in [1.165, 1.54) is 11.8 Å². The van der Waals surface area contributed by atoms with Gasteiger partial charge in [-0.15, -0.1) is 0 Å². The third-order valence-corrected chi connectivity index (χ3v) is 6.84. The lowest BCUT2D eigenvalue weighted by Gasteiger charge is -2.36. The van der Waals surface area contributed by atoms with Crippen molar-refractivity contribution in [3.8, 4) is 0 Å². The topological polar surface area (TPSA) is 39.1 Å². The van der Waals surface area contributed by atoms with Crippen LogP contribution in [0.2, 0.25) is 5.02 Å². The molecule has 2 heterocycles.